The molecule has 1 heterocycles. The van der Waals surface area contributed by atoms with Crippen LogP contribution in [0.3, 0.4) is 0 Å². The number of primary amides is 1. The van der Waals surface area contributed by atoms with E-state index < -0.39 is 10.8 Å². The van der Waals surface area contributed by atoms with Gasteiger partial charge in [-0.3, -0.25) is 14.9 Å². The Labute approximate surface area is 114 Å². The molecule has 9 heteroatoms. The van der Waals surface area contributed by atoms with E-state index >= 15 is 0 Å². The quantitative estimate of drug-likeness (QED) is 0.456. The number of nitro groups is 1. The average Bonchev–Trinajstić information content (AvgIpc) is 2.33. The zero-order valence-electron chi connectivity index (χ0n) is 10.4. The number of nitrogens with two attached hydrogens (primary N) is 1. The minimum Gasteiger partial charge on any atom is -0.368 e. The Hall–Kier alpha value is -1.96. The van der Waals surface area contributed by atoms with Crippen molar-refractivity contribution < 1.29 is 9.72 Å². The Bertz CT molecular complexity index is 482. The van der Waals surface area contributed by atoms with Gasteiger partial charge in [0.05, 0.1) is 11.5 Å². The van der Waals surface area contributed by atoms with Crippen molar-refractivity contribution in [3.63, 3.8) is 0 Å². The van der Waals surface area contributed by atoms with Gasteiger partial charge in [0.1, 0.15) is 6.20 Å². The average molecular weight is 288 g/mol. The molecule has 0 aliphatic heterocycles. The third-order valence-electron chi connectivity index (χ3n) is 2.35. The standard InChI is InChI=1S/C10H14ClN5O3/c1-2-3-4-15(6-8(12)17)9-7(16(18)19)5-13-10(11)14-9/h5H,2-4,6H2,1H3,(H2,12,17). The number of carbonyl (C=O) groups excluding carboxylic acids is 1. The number of amides is 1. The monoisotopic (exact) mass is 287 g/mol. The molecule has 19 heavy (non-hydrogen) atoms. The summed E-state index contributed by atoms with van der Waals surface area (Å²) < 4.78 is 0. The van der Waals surface area contributed by atoms with E-state index in [4.69, 9.17) is 17.3 Å². The lowest BCUT2D eigenvalue weighted by atomic mass is 10.3. The Balaban J connectivity index is 3.14. The van der Waals surface area contributed by atoms with Crippen LogP contribution in [-0.4, -0.2) is 33.9 Å². The summed E-state index contributed by atoms with van der Waals surface area (Å²) in [4.78, 5) is 30.2. The van der Waals surface area contributed by atoms with Crippen LogP contribution < -0.4 is 10.6 Å². The first kappa shape index (κ1) is 15.1. The van der Waals surface area contributed by atoms with Gasteiger partial charge in [0.25, 0.3) is 0 Å². The Morgan fingerprint density at radius 1 is 1.63 bits per heavy atom. The summed E-state index contributed by atoms with van der Waals surface area (Å²) in [5.41, 5.74) is 4.84. The first-order chi connectivity index (χ1) is 8.95. The van der Waals surface area contributed by atoms with Crippen LogP contribution in [0.4, 0.5) is 11.5 Å². The lowest BCUT2D eigenvalue weighted by Gasteiger charge is -2.21. The zero-order valence-corrected chi connectivity index (χ0v) is 11.1. The summed E-state index contributed by atoms with van der Waals surface area (Å²) in [6.07, 6.45) is 2.62. The van der Waals surface area contributed by atoms with Crippen molar-refractivity contribution in [1.82, 2.24) is 9.97 Å². The molecular weight excluding hydrogens is 274 g/mol. The summed E-state index contributed by atoms with van der Waals surface area (Å²) in [5, 5.41) is 10.8. The highest BCUT2D eigenvalue weighted by Crippen LogP contribution is 2.26. The summed E-state index contributed by atoms with van der Waals surface area (Å²) in [6, 6.07) is 0. The molecule has 0 atom stereocenters. The second-order valence-corrected chi connectivity index (χ2v) is 4.18. The van der Waals surface area contributed by atoms with E-state index in [1.54, 1.807) is 0 Å². The fourth-order valence-corrected chi connectivity index (χ4v) is 1.63. The van der Waals surface area contributed by atoms with Gasteiger partial charge in [0, 0.05) is 6.54 Å². The molecule has 0 aliphatic carbocycles. The van der Waals surface area contributed by atoms with Crippen LogP contribution in [0.2, 0.25) is 5.28 Å². The van der Waals surface area contributed by atoms with Gasteiger partial charge < -0.3 is 10.6 Å². The van der Waals surface area contributed by atoms with E-state index in [1.165, 1.54) is 4.90 Å². The molecule has 0 saturated heterocycles. The van der Waals surface area contributed by atoms with Crippen LogP contribution in [0.25, 0.3) is 0 Å². The van der Waals surface area contributed by atoms with Crippen LogP contribution >= 0.6 is 11.6 Å². The van der Waals surface area contributed by atoms with Crippen LogP contribution in [0, 0.1) is 10.1 Å². The van der Waals surface area contributed by atoms with E-state index in [0.717, 1.165) is 19.0 Å². The van der Waals surface area contributed by atoms with Gasteiger partial charge >= 0.3 is 5.69 Å². The number of halogens is 1. The molecule has 0 aromatic carbocycles. The van der Waals surface area contributed by atoms with E-state index in [9.17, 15) is 14.9 Å². The predicted molar refractivity (Wildman–Crippen MR) is 70.0 cm³/mol. The third kappa shape index (κ3) is 4.32. The molecule has 1 amide bonds. The maximum atomic E-state index is 11.0. The molecule has 0 aliphatic rings. The molecule has 0 saturated carbocycles. The van der Waals surface area contributed by atoms with Crippen molar-refractivity contribution in [2.75, 3.05) is 18.0 Å². The van der Waals surface area contributed by atoms with Gasteiger partial charge in [-0.1, -0.05) is 13.3 Å². The SMILES string of the molecule is CCCCN(CC(N)=O)c1nc(Cl)ncc1[N+](=O)[O-]. The maximum absolute atomic E-state index is 11.0. The van der Waals surface area contributed by atoms with Gasteiger partial charge in [-0.2, -0.15) is 4.98 Å². The molecule has 2 N–H and O–H groups in total. The fourth-order valence-electron chi connectivity index (χ4n) is 1.50. The smallest absolute Gasteiger partial charge is 0.329 e. The molecule has 0 radical (unpaired) electrons. The van der Waals surface area contributed by atoms with Gasteiger partial charge in [0.2, 0.25) is 17.0 Å². The number of hydrogen-bond donors (Lipinski definition) is 1. The summed E-state index contributed by atoms with van der Waals surface area (Å²) in [7, 11) is 0. The van der Waals surface area contributed by atoms with E-state index in [1.807, 2.05) is 6.92 Å². The first-order valence-corrected chi connectivity index (χ1v) is 6.03. The molecule has 1 rings (SSSR count). The lowest BCUT2D eigenvalue weighted by molar-refractivity contribution is -0.384. The van der Waals surface area contributed by atoms with Gasteiger partial charge in [0.15, 0.2) is 0 Å². The highest BCUT2D eigenvalue weighted by Gasteiger charge is 2.23. The molecule has 1 aromatic rings. The largest absolute Gasteiger partial charge is 0.368 e. The highest BCUT2D eigenvalue weighted by molar-refractivity contribution is 6.28. The fraction of sp³-hybridized carbons (Fsp3) is 0.500. The molecule has 8 nitrogen and oxygen atoms in total. The zero-order chi connectivity index (χ0) is 14.4. The lowest BCUT2D eigenvalue weighted by Crippen LogP contribution is -2.35. The van der Waals surface area contributed by atoms with Crippen molar-refractivity contribution in [2.24, 2.45) is 5.73 Å². The van der Waals surface area contributed by atoms with Crippen LogP contribution in [0.15, 0.2) is 6.20 Å². The molecule has 0 spiro atoms. The van der Waals surface area contributed by atoms with E-state index in [-0.39, 0.29) is 23.3 Å². The van der Waals surface area contributed by atoms with Crippen molar-refractivity contribution in [3.8, 4) is 0 Å². The predicted octanol–water partition coefficient (Wildman–Crippen LogP) is 1.13. The topological polar surface area (TPSA) is 115 Å². The summed E-state index contributed by atoms with van der Waals surface area (Å²) in [6.45, 7) is 2.23. The molecule has 0 bridgehead atoms. The Morgan fingerprint density at radius 2 is 2.32 bits per heavy atom. The maximum Gasteiger partial charge on any atom is 0.329 e. The molecule has 104 valence electrons. The van der Waals surface area contributed by atoms with Crippen molar-refractivity contribution in [3.05, 3.63) is 21.6 Å². The summed E-state index contributed by atoms with van der Waals surface area (Å²) >= 11 is 5.65. The Morgan fingerprint density at radius 3 is 2.84 bits per heavy atom. The molecule has 1 aromatic heterocycles. The normalized spacial score (nSPS) is 10.2. The van der Waals surface area contributed by atoms with E-state index in [0.29, 0.717) is 6.54 Å². The number of aromatic nitrogens is 2. The van der Waals surface area contributed by atoms with Gasteiger partial charge in [-0.15, -0.1) is 0 Å². The molecular formula is C10H14ClN5O3. The van der Waals surface area contributed by atoms with Crippen molar-refractivity contribution >= 4 is 29.0 Å². The first-order valence-electron chi connectivity index (χ1n) is 5.65. The minimum absolute atomic E-state index is 0.0113. The van der Waals surface area contributed by atoms with Gasteiger partial charge in [-0.25, -0.2) is 4.98 Å². The van der Waals surface area contributed by atoms with Crippen molar-refractivity contribution in [2.45, 2.75) is 19.8 Å². The van der Waals surface area contributed by atoms with Gasteiger partial charge in [-0.05, 0) is 18.0 Å². The molecule has 0 unspecified atom stereocenters. The second kappa shape index (κ2) is 6.83. The Kier molecular flexibility index (Phi) is 5.43. The summed E-state index contributed by atoms with van der Waals surface area (Å²) in [5.74, 6) is -0.586. The number of nitrogens with zero attached hydrogens (tertiary/aromatic N) is 4. The third-order valence-corrected chi connectivity index (χ3v) is 2.53. The number of rotatable bonds is 7. The minimum atomic E-state index is -0.619. The van der Waals surface area contributed by atoms with E-state index in [2.05, 4.69) is 9.97 Å². The molecule has 0 fully saturated rings. The second-order valence-electron chi connectivity index (χ2n) is 3.85. The van der Waals surface area contributed by atoms with Crippen molar-refractivity contribution in [1.29, 1.82) is 0 Å². The highest BCUT2D eigenvalue weighted by atomic mass is 35.5. The number of hydrogen-bond acceptors (Lipinski definition) is 6. The van der Waals surface area contributed by atoms with Crippen LogP contribution in [-0.2, 0) is 4.79 Å². The number of anilines is 1. The van der Waals surface area contributed by atoms with Crippen LogP contribution in [0.1, 0.15) is 19.8 Å². The number of carbonyl (C=O) groups is 1. The van der Waals surface area contributed by atoms with Crippen LogP contribution in [0.5, 0.6) is 0 Å². The number of unbranched alkanes of at least 4 members (excludes halogenated alkanes) is 1.